The highest BCUT2D eigenvalue weighted by atomic mass is 16.7. The number of fused-ring (bicyclic) bond motifs is 6. The molecule has 12 rings (SSSR count). The first-order valence-electron chi connectivity index (χ1n) is 23.8. The van der Waals surface area contributed by atoms with E-state index >= 15 is 0 Å². The third-order valence-electron chi connectivity index (χ3n) is 13.6. The monoisotopic (exact) mass is 908 g/mol. The topological polar surface area (TPSA) is 68.8 Å². The second-order valence-electron chi connectivity index (χ2n) is 17.6. The highest BCUT2D eigenvalue weighted by molar-refractivity contribution is 6.10. The van der Waals surface area contributed by atoms with Gasteiger partial charge in [-0.25, -0.2) is 0 Å². The third kappa shape index (κ3) is 7.47. The Morgan fingerprint density at radius 2 is 0.743 bits per heavy atom. The van der Waals surface area contributed by atoms with Crippen molar-refractivity contribution in [2.75, 3.05) is 6.79 Å². The molecule has 0 atom stereocenters. The summed E-state index contributed by atoms with van der Waals surface area (Å²) in [7, 11) is 0. The van der Waals surface area contributed by atoms with Crippen molar-refractivity contribution in [1.82, 2.24) is 9.13 Å². The van der Waals surface area contributed by atoms with Gasteiger partial charge in [0.1, 0.15) is 17.2 Å². The largest absolute Gasteiger partial charge is 0.507 e. The Kier molecular flexibility index (Phi) is 11.0. The van der Waals surface area contributed by atoms with E-state index in [0.717, 1.165) is 73.8 Å². The van der Waals surface area contributed by atoms with E-state index in [9.17, 15) is 10.2 Å². The fourth-order valence-corrected chi connectivity index (χ4v) is 10.5. The predicted molar refractivity (Wildman–Crippen MR) is 286 cm³/mol. The summed E-state index contributed by atoms with van der Waals surface area (Å²) in [5.74, 6) is 1.52. The van der Waals surface area contributed by atoms with Gasteiger partial charge in [-0.1, -0.05) is 200 Å². The smallest absolute Gasteiger partial charge is 0.231 e. The first-order valence-corrected chi connectivity index (χ1v) is 23.8. The number of aryl methyl sites for hydroxylation is 2. The molecule has 2 N–H and O–H groups in total. The summed E-state index contributed by atoms with van der Waals surface area (Å²) in [4.78, 5) is 0. The number of hydrogen-bond donors (Lipinski definition) is 2. The van der Waals surface area contributed by atoms with Crippen molar-refractivity contribution in [1.29, 1.82) is 0 Å². The van der Waals surface area contributed by atoms with Crippen LogP contribution in [0.5, 0.6) is 23.0 Å². The molecule has 6 nitrogen and oxygen atoms in total. The first-order chi connectivity index (χ1) is 34.6. The quantitative estimate of drug-likeness (QED) is 0.113. The lowest BCUT2D eigenvalue weighted by Gasteiger charge is -2.22. The van der Waals surface area contributed by atoms with Gasteiger partial charge in [0.15, 0.2) is 5.75 Å². The summed E-state index contributed by atoms with van der Waals surface area (Å²) < 4.78 is 18.7. The summed E-state index contributed by atoms with van der Waals surface area (Å²) in [6, 6.07) is 77.9. The van der Waals surface area contributed by atoms with E-state index in [1.807, 2.05) is 121 Å². The summed E-state index contributed by atoms with van der Waals surface area (Å²) in [5, 5.41) is 29.0. The van der Waals surface area contributed by atoms with Crippen LogP contribution in [0.2, 0.25) is 0 Å². The number of ether oxygens (including phenoxy) is 2. The third-order valence-corrected chi connectivity index (χ3v) is 13.6. The maximum absolute atomic E-state index is 12.2. The molecule has 70 heavy (non-hydrogen) atoms. The fourth-order valence-electron chi connectivity index (χ4n) is 10.5. The van der Waals surface area contributed by atoms with Crippen molar-refractivity contribution in [3.8, 4) is 73.2 Å². The van der Waals surface area contributed by atoms with E-state index in [2.05, 4.69) is 118 Å². The zero-order valence-electron chi connectivity index (χ0n) is 38.4. The van der Waals surface area contributed by atoms with Gasteiger partial charge >= 0.3 is 0 Å². The number of aromatic hydroxyl groups is 2. The molecule has 10 aromatic carbocycles. The van der Waals surface area contributed by atoms with Crippen LogP contribution in [0, 0.1) is 0 Å². The van der Waals surface area contributed by atoms with Crippen molar-refractivity contribution < 1.29 is 19.7 Å². The van der Waals surface area contributed by atoms with Gasteiger partial charge in [-0.05, 0) is 59.9 Å². The second kappa shape index (κ2) is 18.2. The fraction of sp³-hybridized carbons (Fsp3) is 0.0625. The molecule has 338 valence electrons. The van der Waals surface area contributed by atoms with Crippen molar-refractivity contribution in [2.24, 2.45) is 0 Å². The maximum atomic E-state index is 12.2. The molecule has 6 heteroatoms. The van der Waals surface area contributed by atoms with Crippen LogP contribution < -0.4 is 9.47 Å². The van der Waals surface area contributed by atoms with Gasteiger partial charge in [0.05, 0.1) is 16.7 Å². The lowest BCUT2D eigenvalue weighted by Crippen LogP contribution is -2.11. The summed E-state index contributed by atoms with van der Waals surface area (Å²) in [6.07, 6.45) is 1.53. The molecule has 0 saturated carbocycles. The lowest BCUT2D eigenvalue weighted by molar-refractivity contribution is 0.120. The van der Waals surface area contributed by atoms with Gasteiger partial charge in [-0.2, -0.15) is 0 Å². The number of benzene rings is 10. The molecule has 2 heterocycles. The maximum Gasteiger partial charge on any atom is 0.231 e. The second-order valence-corrected chi connectivity index (χ2v) is 17.6. The Morgan fingerprint density at radius 1 is 0.343 bits per heavy atom. The number of aromatic nitrogens is 2. The molecule has 0 bridgehead atoms. The van der Waals surface area contributed by atoms with Gasteiger partial charge in [0.2, 0.25) is 6.79 Å². The zero-order valence-corrected chi connectivity index (χ0v) is 38.4. The minimum absolute atomic E-state index is 0.156. The Labute approximate surface area is 406 Å². The molecule has 2 aromatic heterocycles. The summed E-state index contributed by atoms with van der Waals surface area (Å²) in [6.45, 7) is 0.625. The van der Waals surface area contributed by atoms with E-state index in [-0.39, 0.29) is 18.3 Å². The molecule has 0 amide bonds. The first kappa shape index (κ1) is 42.4. The highest BCUT2D eigenvalue weighted by Crippen LogP contribution is 2.47. The Hall–Kier alpha value is -9.00. The van der Waals surface area contributed by atoms with Crippen LogP contribution in [-0.4, -0.2) is 26.1 Å². The molecule has 0 unspecified atom stereocenters. The van der Waals surface area contributed by atoms with Gasteiger partial charge < -0.3 is 28.8 Å². The molecule has 0 aliphatic carbocycles. The highest BCUT2D eigenvalue weighted by Gasteiger charge is 2.23. The lowest BCUT2D eigenvalue weighted by atomic mass is 9.94. The van der Waals surface area contributed by atoms with Gasteiger partial charge in [-0.15, -0.1) is 0 Å². The van der Waals surface area contributed by atoms with E-state index in [1.54, 1.807) is 0 Å². The van der Waals surface area contributed by atoms with Crippen LogP contribution in [0.4, 0.5) is 0 Å². The van der Waals surface area contributed by atoms with Crippen LogP contribution in [0.1, 0.15) is 12.0 Å². The predicted octanol–water partition coefficient (Wildman–Crippen LogP) is 16.0. The molecule has 12 aromatic rings. The van der Waals surface area contributed by atoms with Gasteiger partial charge in [-0.3, -0.25) is 0 Å². The zero-order chi connectivity index (χ0) is 47.0. The number of phenols is 2. The Morgan fingerprint density at radius 3 is 1.29 bits per heavy atom. The number of hydrogen-bond acceptors (Lipinski definition) is 4. The summed E-state index contributed by atoms with van der Waals surface area (Å²) in [5.41, 5.74) is 12.3. The van der Waals surface area contributed by atoms with E-state index in [0.29, 0.717) is 34.6 Å². The number of phenolic OH excluding ortho intramolecular Hbond substituents is 2. The molecule has 0 saturated heterocycles. The molecule has 0 aliphatic heterocycles. The molecule has 0 radical (unpaired) electrons. The van der Waals surface area contributed by atoms with Crippen LogP contribution in [0.3, 0.4) is 0 Å². The SMILES string of the molecule is Oc1c(-c2ccccc2)cccc1-c1cccc(CCCn2c3ccccc3c3ccccc32)c1OCOc1c(-c2cccc(-c3ccccc3)c2O)cccc1-n1c2ccccc2c2ccccc21. The number of rotatable bonds is 13. The number of para-hydroxylation sites is 8. The minimum Gasteiger partial charge on any atom is -0.507 e. The molecule has 0 spiro atoms. The standard InChI is InChI=1S/C64H48N2O4/c67-61-46(43-20-3-1-4-21-43)30-16-32-52(61)54-34-15-24-45(25-19-41-65-56-36-11-7-26-48(56)49-27-8-12-37-57(49)65)63(54)69-42-70-64-55(53-33-17-31-47(62(53)68)44-22-5-2-6-23-44)35-18-40-60(64)66-58-38-13-9-28-50(58)51-29-10-14-39-59(51)66/h1-18,20-24,26-40,67-68H,19,25,41-42H2. The number of nitrogens with zero attached hydrogens (tertiary/aromatic N) is 2. The Bertz CT molecular complexity index is 3760. The van der Waals surface area contributed by atoms with Crippen molar-refractivity contribution in [3.63, 3.8) is 0 Å². The van der Waals surface area contributed by atoms with Crippen LogP contribution in [0.25, 0.3) is 93.8 Å². The molecular formula is C64H48N2O4. The Balaban J connectivity index is 0.970. The molecular weight excluding hydrogens is 861 g/mol. The van der Waals surface area contributed by atoms with E-state index < -0.39 is 0 Å². The van der Waals surface area contributed by atoms with E-state index in [1.165, 1.54) is 21.8 Å². The minimum atomic E-state index is -0.170. The van der Waals surface area contributed by atoms with Crippen molar-refractivity contribution in [2.45, 2.75) is 19.4 Å². The van der Waals surface area contributed by atoms with Crippen LogP contribution >= 0.6 is 0 Å². The van der Waals surface area contributed by atoms with Crippen molar-refractivity contribution in [3.05, 3.63) is 236 Å². The average Bonchev–Trinajstić information content (AvgIpc) is 3.92. The average molecular weight is 909 g/mol. The van der Waals surface area contributed by atoms with Gasteiger partial charge in [0.25, 0.3) is 0 Å². The van der Waals surface area contributed by atoms with Crippen LogP contribution in [0.15, 0.2) is 231 Å². The normalized spacial score (nSPS) is 11.5. The molecule has 0 aliphatic rings. The van der Waals surface area contributed by atoms with Crippen LogP contribution in [-0.2, 0) is 13.0 Å². The molecule has 0 fully saturated rings. The van der Waals surface area contributed by atoms with E-state index in [4.69, 9.17) is 9.47 Å². The van der Waals surface area contributed by atoms with Gasteiger partial charge in [0, 0.05) is 72.5 Å². The van der Waals surface area contributed by atoms with Crippen molar-refractivity contribution >= 4 is 43.6 Å². The summed E-state index contributed by atoms with van der Waals surface area (Å²) >= 11 is 0.